The first-order valence-electron chi connectivity index (χ1n) is 10.8. The maximum Gasteiger partial charge on any atom is 0.258 e. The average molecular weight is 432 g/mol. The Morgan fingerprint density at radius 3 is 2.72 bits per heavy atom. The second-order valence-corrected chi connectivity index (χ2v) is 7.95. The number of ether oxygens (including phenoxy) is 1. The summed E-state index contributed by atoms with van der Waals surface area (Å²) in [7, 11) is 0. The molecule has 1 aliphatic heterocycles. The molecule has 2 N–H and O–H groups in total. The number of hydrogen-bond donors (Lipinski definition) is 2. The number of pyridine rings is 1. The number of rotatable bonds is 6. The van der Waals surface area contributed by atoms with E-state index < -0.39 is 0 Å². The number of imidazole rings is 1. The normalized spacial score (nSPS) is 14.0. The summed E-state index contributed by atoms with van der Waals surface area (Å²) in [6.07, 6.45) is 7.45. The lowest BCUT2D eigenvalue weighted by Gasteiger charge is -2.24. The Morgan fingerprint density at radius 1 is 1.12 bits per heavy atom. The largest absolute Gasteiger partial charge is 0.487 e. The molecule has 1 aliphatic rings. The van der Waals surface area contributed by atoms with Crippen LogP contribution in [0.25, 0.3) is 5.65 Å². The second kappa shape index (κ2) is 8.70. The van der Waals surface area contributed by atoms with Crippen molar-refractivity contribution in [3.8, 4) is 5.75 Å². The van der Waals surface area contributed by atoms with Gasteiger partial charge in [0.2, 0.25) is 11.9 Å². The van der Waals surface area contributed by atoms with Crippen molar-refractivity contribution in [2.75, 3.05) is 23.3 Å². The number of aryl methyl sites for hydroxylation is 1. The molecule has 32 heavy (non-hydrogen) atoms. The van der Waals surface area contributed by atoms with E-state index in [-0.39, 0.29) is 5.91 Å². The van der Waals surface area contributed by atoms with E-state index in [0.717, 1.165) is 42.8 Å². The molecule has 9 nitrogen and oxygen atoms in total. The number of anilines is 2. The van der Waals surface area contributed by atoms with Gasteiger partial charge in [-0.05, 0) is 62.1 Å². The molecule has 0 bridgehead atoms. The van der Waals surface area contributed by atoms with Gasteiger partial charge in [-0.1, -0.05) is 6.07 Å². The van der Waals surface area contributed by atoms with E-state index in [0.29, 0.717) is 29.8 Å². The summed E-state index contributed by atoms with van der Waals surface area (Å²) in [6.45, 7) is 4.27. The zero-order valence-corrected chi connectivity index (χ0v) is 17.9. The summed E-state index contributed by atoms with van der Waals surface area (Å²) in [6, 6.07) is 11.0. The summed E-state index contributed by atoms with van der Waals surface area (Å²) < 4.78 is 7.83. The smallest absolute Gasteiger partial charge is 0.258 e. The minimum absolute atomic E-state index is 0.256. The topological polar surface area (TPSA) is 100 Å². The third-order valence-corrected chi connectivity index (χ3v) is 5.58. The van der Waals surface area contributed by atoms with Crippen molar-refractivity contribution in [1.82, 2.24) is 24.6 Å². The maximum atomic E-state index is 12.6. The van der Waals surface area contributed by atoms with E-state index in [2.05, 4.69) is 30.4 Å². The third kappa shape index (κ3) is 4.27. The van der Waals surface area contributed by atoms with E-state index in [1.807, 2.05) is 35.9 Å². The fourth-order valence-electron chi connectivity index (χ4n) is 3.86. The van der Waals surface area contributed by atoms with Crippen LogP contribution in [0, 0.1) is 6.92 Å². The van der Waals surface area contributed by atoms with Gasteiger partial charge in [0, 0.05) is 31.0 Å². The van der Waals surface area contributed by atoms with Crippen molar-refractivity contribution < 1.29 is 9.53 Å². The molecule has 5 rings (SSSR count). The number of fused-ring (bicyclic) bond motifs is 1. The van der Waals surface area contributed by atoms with Gasteiger partial charge in [0.25, 0.3) is 5.91 Å². The summed E-state index contributed by atoms with van der Waals surface area (Å²) >= 11 is 0. The Morgan fingerprint density at radius 2 is 1.94 bits per heavy atom. The molecule has 9 heteroatoms. The number of nitrogens with zero attached hydrogens (tertiary/aromatic N) is 5. The molecule has 1 saturated heterocycles. The lowest BCUT2D eigenvalue weighted by atomic mass is 10.1. The predicted octanol–water partition coefficient (Wildman–Crippen LogP) is 3.58. The van der Waals surface area contributed by atoms with Crippen molar-refractivity contribution in [2.24, 2.45) is 0 Å². The van der Waals surface area contributed by atoms with Crippen LogP contribution in [0.15, 0.2) is 48.8 Å². The monoisotopic (exact) mass is 431 g/mol. The van der Waals surface area contributed by atoms with Gasteiger partial charge in [-0.3, -0.25) is 10.1 Å². The lowest BCUT2D eigenvalue weighted by molar-refractivity contribution is 0.102. The summed E-state index contributed by atoms with van der Waals surface area (Å²) in [4.78, 5) is 23.7. The molecule has 1 fully saturated rings. The molecule has 0 unspecified atom stereocenters. The van der Waals surface area contributed by atoms with Gasteiger partial charge in [-0.2, -0.15) is 4.98 Å². The summed E-state index contributed by atoms with van der Waals surface area (Å²) in [5.74, 6) is 1.39. The number of H-pyrrole nitrogens is 1. The number of nitrogens with one attached hydrogen (secondary N) is 2. The number of aromatic nitrogens is 5. The number of carbonyl (C=O) groups excluding carboxylic acids is 1. The van der Waals surface area contributed by atoms with Gasteiger partial charge in [0.05, 0.1) is 5.69 Å². The second-order valence-electron chi connectivity index (χ2n) is 7.95. The molecule has 1 amide bonds. The fraction of sp³-hybridized carbons (Fsp3) is 0.304. The highest BCUT2D eigenvalue weighted by Gasteiger charge is 2.16. The number of amides is 1. The van der Waals surface area contributed by atoms with Gasteiger partial charge in [0.15, 0.2) is 0 Å². The molecular formula is C23H25N7O2. The Kier molecular flexibility index (Phi) is 5.45. The number of piperidine rings is 1. The van der Waals surface area contributed by atoms with E-state index in [9.17, 15) is 4.79 Å². The fourth-order valence-corrected chi connectivity index (χ4v) is 3.86. The Labute approximate surface area is 185 Å². The van der Waals surface area contributed by atoms with E-state index >= 15 is 0 Å². The van der Waals surface area contributed by atoms with Crippen molar-refractivity contribution in [3.63, 3.8) is 0 Å². The zero-order chi connectivity index (χ0) is 21.9. The molecule has 0 spiro atoms. The van der Waals surface area contributed by atoms with E-state index in [4.69, 9.17) is 4.74 Å². The van der Waals surface area contributed by atoms with Crippen molar-refractivity contribution in [1.29, 1.82) is 0 Å². The van der Waals surface area contributed by atoms with E-state index in [1.54, 1.807) is 24.3 Å². The summed E-state index contributed by atoms with van der Waals surface area (Å²) in [5.41, 5.74) is 3.39. The van der Waals surface area contributed by atoms with Crippen LogP contribution in [-0.2, 0) is 6.61 Å². The number of aromatic amines is 1. The molecule has 0 atom stereocenters. The molecule has 1 aromatic carbocycles. The van der Waals surface area contributed by atoms with Crippen LogP contribution in [0.1, 0.15) is 40.9 Å². The van der Waals surface area contributed by atoms with Crippen LogP contribution in [0.3, 0.4) is 0 Å². The molecule has 0 saturated carbocycles. The van der Waals surface area contributed by atoms with E-state index in [1.165, 1.54) is 6.42 Å². The van der Waals surface area contributed by atoms with Crippen LogP contribution >= 0.6 is 0 Å². The SMILES string of the molecule is Cc1cccn2cc(COc3ccc(C(=O)Nc4nc(N5CCCCC5)n[nH]4)cc3)nc12. The van der Waals surface area contributed by atoms with Crippen molar-refractivity contribution >= 4 is 23.5 Å². The Bertz CT molecular complexity index is 1220. The molecule has 164 valence electrons. The molecule has 0 aliphatic carbocycles. The van der Waals surface area contributed by atoms with Crippen molar-refractivity contribution in [2.45, 2.75) is 32.8 Å². The van der Waals surface area contributed by atoms with Crippen LogP contribution in [0.4, 0.5) is 11.9 Å². The minimum atomic E-state index is -0.256. The zero-order valence-electron chi connectivity index (χ0n) is 17.9. The first-order valence-corrected chi connectivity index (χ1v) is 10.8. The first-order chi connectivity index (χ1) is 15.7. The quantitative estimate of drug-likeness (QED) is 0.484. The average Bonchev–Trinajstić information content (AvgIpc) is 3.46. The number of carbonyl (C=O) groups is 1. The van der Waals surface area contributed by atoms with Gasteiger partial charge in [-0.25, -0.2) is 10.1 Å². The Hall–Kier alpha value is -3.88. The van der Waals surface area contributed by atoms with Crippen LogP contribution in [0.2, 0.25) is 0 Å². The predicted molar refractivity (Wildman–Crippen MR) is 121 cm³/mol. The standard InChI is InChI=1S/C23H25N7O2/c1-16-6-5-13-30-14-18(24-20(16)30)15-32-19-9-7-17(8-10-19)21(31)25-22-26-23(28-27-22)29-11-3-2-4-12-29/h5-10,13-14H,2-4,11-12,15H2,1H3,(H2,25,26,27,28,31). The number of benzene rings is 1. The highest BCUT2D eigenvalue weighted by Crippen LogP contribution is 2.18. The van der Waals surface area contributed by atoms with Crippen LogP contribution in [-0.4, -0.2) is 43.6 Å². The van der Waals surface area contributed by atoms with Gasteiger partial charge in [-0.15, -0.1) is 5.10 Å². The van der Waals surface area contributed by atoms with Gasteiger partial charge < -0.3 is 14.0 Å². The highest BCUT2D eigenvalue weighted by atomic mass is 16.5. The lowest BCUT2D eigenvalue weighted by Crippen LogP contribution is -2.30. The maximum absolute atomic E-state index is 12.6. The van der Waals surface area contributed by atoms with Crippen molar-refractivity contribution in [3.05, 3.63) is 65.6 Å². The first kappa shape index (κ1) is 20.0. The van der Waals surface area contributed by atoms with Crippen LogP contribution in [0.5, 0.6) is 5.75 Å². The number of hydrogen-bond acceptors (Lipinski definition) is 6. The molecular weight excluding hydrogens is 406 g/mol. The third-order valence-electron chi connectivity index (χ3n) is 5.58. The molecule has 4 aromatic rings. The summed E-state index contributed by atoms with van der Waals surface area (Å²) in [5, 5.41) is 9.79. The van der Waals surface area contributed by atoms with Crippen LogP contribution < -0.4 is 15.0 Å². The van der Waals surface area contributed by atoms with Gasteiger partial charge >= 0.3 is 0 Å². The molecule has 0 radical (unpaired) electrons. The highest BCUT2D eigenvalue weighted by molar-refractivity contribution is 6.03. The molecule has 3 aromatic heterocycles. The van der Waals surface area contributed by atoms with Gasteiger partial charge in [0.1, 0.15) is 18.0 Å². The molecule has 4 heterocycles. The Balaban J connectivity index is 1.18. The minimum Gasteiger partial charge on any atom is -0.487 e.